The minimum atomic E-state index is -0.472. The zero-order chi connectivity index (χ0) is 17.6. The summed E-state index contributed by atoms with van der Waals surface area (Å²) in [7, 11) is 0. The van der Waals surface area contributed by atoms with Gasteiger partial charge in [-0.25, -0.2) is 4.79 Å². The summed E-state index contributed by atoms with van der Waals surface area (Å²) in [6.07, 6.45) is 5.37. The van der Waals surface area contributed by atoms with Gasteiger partial charge in [-0.3, -0.25) is 9.78 Å². The second-order valence-corrected chi connectivity index (χ2v) is 7.25. The Morgan fingerprint density at radius 2 is 2.04 bits per heavy atom. The third kappa shape index (κ3) is 6.18. The summed E-state index contributed by atoms with van der Waals surface area (Å²) < 4.78 is 5.38. The molecule has 0 bridgehead atoms. The number of likely N-dealkylation sites (tertiary alicyclic amines) is 1. The van der Waals surface area contributed by atoms with E-state index in [1.165, 1.54) is 0 Å². The molecule has 2 heterocycles. The lowest BCUT2D eigenvalue weighted by Gasteiger charge is -2.33. The summed E-state index contributed by atoms with van der Waals surface area (Å²) in [6.45, 7) is 7.40. The highest BCUT2D eigenvalue weighted by molar-refractivity contribution is 5.76. The fourth-order valence-corrected chi connectivity index (χ4v) is 2.68. The van der Waals surface area contributed by atoms with Crippen LogP contribution in [-0.2, 0) is 16.1 Å². The normalized spacial score (nSPS) is 15.9. The topological polar surface area (TPSA) is 71.5 Å². The summed E-state index contributed by atoms with van der Waals surface area (Å²) in [4.78, 5) is 29.8. The van der Waals surface area contributed by atoms with Crippen LogP contribution in [-0.4, -0.2) is 40.6 Å². The summed E-state index contributed by atoms with van der Waals surface area (Å²) in [6, 6.07) is 3.79. The molecule has 1 aromatic rings. The predicted molar refractivity (Wildman–Crippen MR) is 91.2 cm³/mol. The number of nitrogens with one attached hydrogen (secondary N) is 1. The van der Waals surface area contributed by atoms with Gasteiger partial charge in [0, 0.05) is 38.4 Å². The van der Waals surface area contributed by atoms with Crippen LogP contribution in [0.4, 0.5) is 4.79 Å². The average molecular weight is 333 g/mol. The van der Waals surface area contributed by atoms with E-state index < -0.39 is 5.60 Å². The molecule has 2 amide bonds. The maximum absolute atomic E-state index is 12.1. The Kier molecular flexibility index (Phi) is 6.17. The van der Waals surface area contributed by atoms with E-state index in [9.17, 15) is 9.59 Å². The van der Waals surface area contributed by atoms with Crippen molar-refractivity contribution in [3.8, 4) is 0 Å². The number of aromatic nitrogens is 1. The molecule has 1 saturated heterocycles. The molecular formula is C18H27N3O3. The molecule has 0 unspecified atom stereocenters. The number of nitrogens with zero attached hydrogens (tertiary/aromatic N) is 2. The van der Waals surface area contributed by atoms with Crippen LogP contribution in [0.3, 0.4) is 0 Å². The molecule has 6 heteroatoms. The van der Waals surface area contributed by atoms with Crippen molar-refractivity contribution in [3.05, 3.63) is 30.1 Å². The predicted octanol–water partition coefficient (Wildman–Crippen LogP) is 2.74. The third-order valence-electron chi connectivity index (χ3n) is 3.95. The van der Waals surface area contributed by atoms with E-state index in [1.54, 1.807) is 17.3 Å². The second-order valence-electron chi connectivity index (χ2n) is 7.25. The van der Waals surface area contributed by atoms with Gasteiger partial charge in [-0.05, 0) is 51.2 Å². The maximum Gasteiger partial charge on any atom is 0.410 e. The number of hydrogen-bond donors (Lipinski definition) is 1. The van der Waals surface area contributed by atoms with E-state index in [-0.39, 0.29) is 12.0 Å². The Morgan fingerprint density at radius 1 is 1.33 bits per heavy atom. The summed E-state index contributed by atoms with van der Waals surface area (Å²) >= 11 is 0. The van der Waals surface area contributed by atoms with Gasteiger partial charge in [0.2, 0.25) is 5.91 Å². The molecule has 24 heavy (non-hydrogen) atoms. The highest BCUT2D eigenvalue weighted by Gasteiger charge is 2.27. The molecule has 0 aliphatic carbocycles. The van der Waals surface area contributed by atoms with Crippen molar-refractivity contribution in [2.45, 2.75) is 52.2 Å². The molecule has 1 N–H and O–H groups in total. The van der Waals surface area contributed by atoms with Gasteiger partial charge in [-0.2, -0.15) is 0 Å². The second kappa shape index (κ2) is 8.13. The van der Waals surface area contributed by atoms with E-state index in [0.717, 1.165) is 18.4 Å². The molecule has 0 saturated carbocycles. The molecule has 1 fully saturated rings. The monoisotopic (exact) mass is 333 g/mol. The van der Waals surface area contributed by atoms with Gasteiger partial charge < -0.3 is 15.0 Å². The van der Waals surface area contributed by atoms with Gasteiger partial charge in [-0.1, -0.05) is 6.07 Å². The van der Waals surface area contributed by atoms with Gasteiger partial charge in [0.05, 0.1) is 0 Å². The van der Waals surface area contributed by atoms with Crippen LogP contribution in [0.5, 0.6) is 0 Å². The Hall–Kier alpha value is -2.11. The molecule has 1 aliphatic rings. The van der Waals surface area contributed by atoms with E-state index in [4.69, 9.17) is 4.74 Å². The Morgan fingerprint density at radius 3 is 2.62 bits per heavy atom. The van der Waals surface area contributed by atoms with E-state index in [1.807, 2.05) is 32.9 Å². The molecule has 132 valence electrons. The van der Waals surface area contributed by atoms with Crippen LogP contribution < -0.4 is 5.32 Å². The minimum absolute atomic E-state index is 0.0505. The molecule has 1 aromatic heterocycles. The van der Waals surface area contributed by atoms with E-state index >= 15 is 0 Å². The number of ether oxygens (including phenoxy) is 1. The lowest BCUT2D eigenvalue weighted by Crippen LogP contribution is -2.42. The summed E-state index contributed by atoms with van der Waals surface area (Å²) in [5.41, 5.74) is 0.519. The van der Waals surface area contributed by atoms with Crippen molar-refractivity contribution < 1.29 is 14.3 Å². The van der Waals surface area contributed by atoms with Gasteiger partial charge in [-0.15, -0.1) is 0 Å². The summed E-state index contributed by atoms with van der Waals surface area (Å²) in [5.74, 6) is 0.368. The highest BCUT2D eigenvalue weighted by Crippen LogP contribution is 2.22. The first kappa shape index (κ1) is 18.2. The number of rotatable bonds is 4. The van der Waals surface area contributed by atoms with Crippen molar-refractivity contribution in [2.24, 2.45) is 5.92 Å². The smallest absolute Gasteiger partial charge is 0.410 e. The zero-order valence-corrected chi connectivity index (χ0v) is 14.7. The standard InChI is InChI=1S/C18H27N3O3/c1-18(2,3)24-17(23)21-9-6-14(7-10-21)11-16(22)20-13-15-5-4-8-19-12-15/h4-5,8,12,14H,6-7,9-11,13H2,1-3H3,(H,20,22). The lowest BCUT2D eigenvalue weighted by atomic mass is 9.93. The zero-order valence-electron chi connectivity index (χ0n) is 14.7. The van der Waals surface area contributed by atoms with Gasteiger partial charge in [0.15, 0.2) is 0 Å². The number of hydrogen-bond acceptors (Lipinski definition) is 4. The molecule has 0 aromatic carbocycles. The van der Waals surface area contributed by atoms with E-state index in [2.05, 4.69) is 10.3 Å². The summed E-state index contributed by atoms with van der Waals surface area (Å²) in [5, 5.41) is 2.93. The number of amides is 2. The van der Waals surface area contributed by atoms with Crippen LogP contribution in [0.15, 0.2) is 24.5 Å². The van der Waals surface area contributed by atoms with Crippen molar-refractivity contribution in [3.63, 3.8) is 0 Å². The molecular weight excluding hydrogens is 306 g/mol. The largest absolute Gasteiger partial charge is 0.444 e. The van der Waals surface area contributed by atoms with Gasteiger partial charge in [0.1, 0.15) is 5.60 Å². The van der Waals surface area contributed by atoms with Crippen LogP contribution in [0.1, 0.15) is 45.6 Å². The van der Waals surface area contributed by atoms with Crippen LogP contribution in [0, 0.1) is 5.92 Å². The first-order valence-electron chi connectivity index (χ1n) is 8.47. The van der Waals surface area contributed by atoms with Crippen LogP contribution >= 0.6 is 0 Å². The molecule has 0 radical (unpaired) electrons. The molecule has 0 atom stereocenters. The number of carbonyl (C=O) groups excluding carboxylic acids is 2. The number of piperidine rings is 1. The fraction of sp³-hybridized carbons (Fsp3) is 0.611. The van der Waals surface area contributed by atoms with E-state index in [0.29, 0.717) is 32.0 Å². The molecule has 6 nitrogen and oxygen atoms in total. The first-order chi connectivity index (χ1) is 11.3. The molecule has 1 aliphatic heterocycles. The molecule has 0 spiro atoms. The average Bonchev–Trinajstić information content (AvgIpc) is 2.53. The maximum atomic E-state index is 12.1. The number of pyridine rings is 1. The van der Waals surface area contributed by atoms with Crippen molar-refractivity contribution in [2.75, 3.05) is 13.1 Å². The first-order valence-corrected chi connectivity index (χ1v) is 8.47. The highest BCUT2D eigenvalue weighted by atomic mass is 16.6. The molecule has 2 rings (SSSR count). The Labute approximate surface area is 143 Å². The van der Waals surface area contributed by atoms with Crippen molar-refractivity contribution >= 4 is 12.0 Å². The number of carbonyl (C=O) groups is 2. The fourth-order valence-electron chi connectivity index (χ4n) is 2.68. The van der Waals surface area contributed by atoms with Crippen molar-refractivity contribution in [1.82, 2.24) is 15.2 Å². The quantitative estimate of drug-likeness (QED) is 0.919. The minimum Gasteiger partial charge on any atom is -0.444 e. The van der Waals surface area contributed by atoms with Gasteiger partial charge >= 0.3 is 6.09 Å². The SMILES string of the molecule is CC(C)(C)OC(=O)N1CCC(CC(=O)NCc2cccnc2)CC1. The Balaban J connectivity index is 1.69. The van der Waals surface area contributed by atoms with Gasteiger partial charge in [0.25, 0.3) is 0 Å². The Bertz CT molecular complexity index is 546. The van der Waals surface area contributed by atoms with Crippen molar-refractivity contribution in [1.29, 1.82) is 0 Å². The third-order valence-corrected chi connectivity index (χ3v) is 3.95. The van der Waals surface area contributed by atoms with Crippen LogP contribution in [0.25, 0.3) is 0 Å². The van der Waals surface area contributed by atoms with Crippen LogP contribution in [0.2, 0.25) is 0 Å². The lowest BCUT2D eigenvalue weighted by molar-refractivity contribution is -0.122.